The zero-order chi connectivity index (χ0) is 35.3. The maximum atomic E-state index is 13.1. The first-order valence-electron chi connectivity index (χ1n) is 14.2. The Morgan fingerprint density at radius 3 is 1.31 bits per heavy atom. The summed E-state index contributed by atoms with van der Waals surface area (Å²) in [6, 6.07) is 5.84. The van der Waals surface area contributed by atoms with Gasteiger partial charge in [0.25, 0.3) is 29.5 Å². The summed E-state index contributed by atoms with van der Waals surface area (Å²) in [6.07, 6.45) is 6.11. The molecule has 4 aromatic heterocycles. The third kappa shape index (κ3) is 8.16. The molecule has 0 radical (unpaired) electrons. The van der Waals surface area contributed by atoms with Gasteiger partial charge in [-0.3, -0.25) is 29.0 Å². The highest BCUT2D eigenvalue weighted by Gasteiger charge is 2.20. The van der Waals surface area contributed by atoms with Gasteiger partial charge < -0.3 is 56.3 Å². The van der Waals surface area contributed by atoms with Gasteiger partial charge in [-0.1, -0.05) is 6.58 Å². The van der Waals surface area contributed by atoms with Gasteiger partial charge in [0.1, 0.15) is 22.8 Å². The molecule has 17 nitrogen and oxygen atoms in total. The molecule has 252 valence electrons. The summed E-state index contributed by atoms with van der Waals surface area (Å²) in [6.45, 7) is 3.37. The van der Waals surface area contributed by atoms with E-state index in [1.165, 1.54) is 50.4 Å². The number of nitrogens with one attached hydrogen (secondary N) is 5. The Bertz CT molecular complexity index is 1960. The van der Waals surface area contributed by atoms with E-state index in [1.807, 2.05) is 0 Å². The Hall–Kier alpha value is -6.59. The van der Waals surface area contributed by atoms with Crippen LogP contribution in [-0.4, -0.2) is 66.9 Å². The zero-order valence-electron chi connectivity index (χ0n) is 26.6. The number of carbonyl (C=O) groups is 5. The van der Waals surface area contributed by atoms with Gasteiger partial charge in [0.05, 0.1) is 29.3 Å². The topological polar surface area (TPSA) is 230 Å². The van der Waals surface area contributed by atoms with Crippen LogP contribution in [0.1, 0.15) is 42.0 Å². The summed E-state index contributed by atoms with van der Waals surface area (Å²) in [7, 11) is 6.48. The maximum Gasteiger partial charge on any atom is 0.283 e. The first-order valence-corrected chi connectivity index (χ1v) is 14.2. The molecule has 0 aromatic carbocycles. The lowest BCUT2D eigenvalue weighted by Gasteiger charge is -2.04. The fourth-order valence-electron chi connectivity index (χ4n) is 4.66. The number of guanidine groups is 1. The van der Waals surface area contributed by atoms with Gasteiger partial charge in [-0.05, 0) is 24.3 Å². The van der Waals surface area contributed by atoms with E-state index in [1.54, 1.807) is 45.2 Å². The number of hydrogen-bond donors (Lipinski definition) is 7. The highest BCUT2D eigenvalue weighted by molar-refractivity contribution is 6.09. The van der Waals surface area contributed by atoms with Crippen LogP contribution in [0.3, 0.4) is 0 Å². The number of halogens is 1. The third-order valence-electron chi connectivity index (χ3n) is 6.92. The molecule has 0 aliphatic rings. The molecule has 9 N–H and O–H groups in total. The van der Waals surface area contributed by atoms with Gasteiger partial charge in [0.2, 0.25) is 0 Å². The summed E-state index contributed by atoms with van der Waals surface area (Å²) in [4.78, 5) is 67.0. The number of amides is 5. The Morgan fingerprint density at radius 2 is 0.979 bits per heavy atom. The van der Waals surface area contributed by atoms with E-state index in [4.69, 9.17) is 11.5 Å². The zero-order valence-corrected chi connectivity index (χ0v) is 26.6. The molecular weight excluding hydrogens is 627 g/mol. The van der Waals surface area contributed by atoms with E-state index in [0.29, 0.717) is 22.8 Å². The Labute approximate surface area is 273 Å². The molecule has 0 unspecified atom stereocenters. The van der Waals surface area contributed by atoms with E-state index in [2.05, 4.69) is 38.2 Å². The Balaban J connectivity index is 1.37. The predicted molar refractivity (Wildman–Crippen MR) is 177 cm³/mol. The van der Waals surface area contributed by atoms with Gasteiger partial charge in [-0.2, -0.15) is 0 Å². The number of hydrogen-bond acceptors (Lipinski definition) is 6. The van der Waals surface area contributed by atoms with Crippen molar-refractivity contribution in [1.82, 2.24) is 23.6 Å². The Morgan fingerprint density at radius 1 is 0.646 bits per heavy atom. The molecule has 18 heteroatoms. The average molecular weight is 663 g/mol. The van der Waals surface area contributed by atoms with Crippen LogP contribution in [0.2, 0.25) is 0 Å². The average Bonchev–Trinajstić information content (AvgIpc) is 3.76. The fraction of sp³-hybridized carbons (Fsp3) is 0.200. The van der Waals surface area contributed by atoms with Crippen molar-refractivity contribution in [2.75, 3.05) is 34.4 Å². The van der Waals surface area contributed by atoms with Crippen LogP contribution >= 0.6 is 0 Å². The monoisotopic (exact) mass is 662 g/mol. The molecular formula is C30H35FN12O5. The van der Waals surface area contributed by atoms with Crippen LogP contribution in [0.15, 0.2) is 66.5 Å². The van der Waals surface area contributed by atoms with Gasteiger partial charge in [-0.25, -0.2) is 4.39 Å². The predicted octanol–water partition coefficient (Wildman–Crippen LogP) is 1.22. The second-order valence-corrected chi connectivity index (χ2v) is 10.7. The first-order chi connectivity index (χ1) is 22.6. The Kier molecular flexibility index (Phi) is 10.2. The van der Waals surface area contributed by atoms with Gasteiger partial charge in [0.15, 0.2) is 11.8 Å². The molecule has 48 heavy (non-hydrogen) atoms. The smallest absolute Gasteiger partial charge is 0.283 e. The highest BCUT2D eigenvalue weighted by atomic mass is 19.1. The van der Waals surface area contributed by atoms with Crippen molar-refractivity contribution in [3.05, 3.63) is 84.2 Å². The number of aromatic nitrogens is 4. The first kappa shape index (κ1) is 34.3. The summed E-state index contributed by atoms with van der Waals surface area (Å²) in [5.41, 5.74) is 12.7. The van der Waals surface area contributed by atoms with Crippen LogP contribution < -0.4 is 38.1 Å². The van der Waals surface area contributed by atoms with Crippen LogP contribution in [0.4, 0.5) is 27.1 Å². The molecule has 0 saturated heterocycles. The SMILES string of the molecule is C=C(F)C(=O)Nc1cc(C(=O)Nc2cc(C(=O)Nc3cc(C(=O)Nc4cc(C(=O)NCCN=C(N)N)n(C)c4)n(C)c3)n(C)c2)n(C)c1. The molecule has 0 saturated carbocycles. The van der Waals surface area contributed by atoms with Gasteiger partial charge in [-0.15, -0.1) is 0 Å². The van der Waals surface area contributed by atoms with E-state index in [-0.39, 0.29) is 47.7 Å². The number of nitrogens with two attached hydrogens (primary N) is 2. The minimum absolute atomic E-state index is 0.0779. The number of aliphatic imine (C=N–C) groups is 1. The van der Waals surface area contributed by atoms with Crippen LogP contribution in [0.5, 0.6) is 0 Å². The molecule has 0 aliphatic heterocycles. The van der Waals surface area contributed by atoms with Crippen LogP contribution in [0.25, 0.3) is 0 Å². The van der Waals surface area contributed by atoms with Crippen molar-refractivity contribution in [3.8, 4) is 0 Å². The van der Waals surface area contributed by atoms with E-state index < -0.39 is 29.5 Å². The number of anilines is 4. The van der Waals surface area contributed by atoms with Gasteiger partial charge >= 0.3 is 0 Å². The van der Waals surface area contributed by atoms with Crippen molar-refractivity contribution in [3.63, 3.8) is 0 Å². The summed E-state index contributed by atoms with van der Waals surface area (Å²) in [5, 5.41) is 13.1. The lowest BCUT2D eigenvalue weighted by molar-refractivity contribution is -0.114. The van der Waals surface area contributed by atoms with Crippen LogP contribution in [-0.2, 0) is 33.0 Å². The standard InChI is InChI=1S/C30H35FN12O5/c1-16(31)25(44)36-17-9-22(41(3)12-17)27(46)38-19-11-24(43(5)14-19)29(48)39-20-10-23(42(4)15-20)28(47)37-18-8-21(40(2)13-18)26(45)34-6-7-35-30(32)33/h8-15H,1,6-7H2,2-5H3,(H,34,45)(H,36,44)(H,37,47)(H,38,46)(H,39,48)(H4,32,33,35). The van der Waals surface area contributed by atoms with Crippen molar-refractivity contribution in [1.29, 1.82) is 0 Å². The molecule has 0 aliphatic carbocycles. The summed E-state index contributed by atoms with van der Waals surface area (Å²) >= 11 is 0. The van der Waals surface area contributed by atoms with Crippen molar-refractivity contribution in [2.45, 2.75) is 0 Å². The second kappa shape index (κ2) is 14.2. The second-order valence-electron chi connectivity index (χ2n) is 10.7. The third-order valence-corrected chi connectivity index (χ3v) is 6.92. The number of nitrogens with zero attached hydrogens (tertiary/aromatic N) is 5. The normalized spacial score (nSPS) is 10.6. The summed E-state index contributed by atoms with van der Waals surface area (Å²) < 4.78 is 19.1. The fourth-order valence-corrected chi connectivity index (χ4v) is 4.66. The van der Waals surface area contributed by atoms with Crippen LogP contribution in [0, 0.1) is 0 Å². The van der Waals surface area contributed by atoms with E-state index in [9.17, 15) is 28.4 Å². The quantitative estimate of drug-likeness (QED) is 0.0507. The molecule has 4 aromatic rings. The number of aryl methyl sites for hydroxylation is 4. The molecule has 0 bridgehead atoms. The molecule has 0 spiro atoms. The molecule has 0 fully saturated rings. The molecule has 4 rings (SSSR count). The molecule has 0 atom stereocenters. The number of carbonyl (C=O) groups excluding carboxylic acids is 5. The minimum atomic E-state index is -1.17. The summed E-state index contributed by atoms with van der Waals surface area (Å²) in [5.74, 6) is -4.18. The van der Waals surface area contributed by atoms with E-state index >= 15 is 0 Å². The number of rotatable bonds is 12. The molecule has 4 heterocycles. The lowest BCUT2D eigenvalue weighted by atomic mass is 10.3. The van der Waals surface area contributed by atoms with Gasteiger partial charge in [0, 0.05) is 59.5 Å². The lowest BCUT2D eigenvalue weighted by Crippen LogP contribution is -2.29. The largest absolute Gasteiger partial charge is 0.370 e. The molecule has 5 amide bonds. The van der Waals surface area contributed by atoms with Crippen molar-refractivity contribution < 1.29 is 28.4 Å². The van der Waals surface area contributed by atoms with E-state index in [0.717, 1.165) is 0 Å². The van der Waals surface area contributed by atoms with Crippen molar-refractivity contribution in [2.24, 2.45) is 44.7 Å². The van der Waals surface area contributed by atoms with Crippen molar-refractivity contribution >= 4 is 58.2 Å². The maximum absolute atomic E-state index is 13.1. The highest BCUT2D eigenvalue weighted by Crippen LogP contribution is 2.21. The minimum Gasteiger partial charge on any atom is -0.370 e.